The van der Waals surface area contributed by atoms with Gasteiger partial charge in [0.1, 0.15) is 0 Å². The summed E-state index contributed by atoms with van der Waals surface area (Å²) < 4.78 is 0. The fourth-order valence-corrected chi connectivity index (χ4v) is 3.98. The Morgan fingerprint density at radius 3 is 3.24 bits per heavy atom. The zero-order valence-electron chi connectivity index (χ0n) is 12.0. The van der Waals surface area contributed by atoms with Crippen molar-refractivity contribution in [1.82, 2.24) is 15.2 Å². The molecule has 2 aliphatic heterocycles. The number of aromatic nitrogens is 1. The monoisotopic (exact) mass is 322 g/mol. The number of amidine groups is 1. The largest absolute Gasteiger partial charge is 0.355 e. The molecule has 7 heteroatoms. The number of carbonyl (C=O) groups excluding carboxylic acids is 1. The molecule has 3 rings (SSSR count). The molecule has 0 spiro atoms. The van der Waals surface area contributed by atoms with Gasteiger partial charge in [-0.25, -0.2) is 4.98 Å². The lowest BCUT2D eigenvalue weighted by Crippen LogP contribution is -2.32. The van der Waals surface area contributed by atoms with Crippen LogP contribution in [0.1, 0.15) is 23.5 Å². The number of nitrogens with one attached hydrogen (secondary N) is 1. The molecule has 0 saturated heterocycles. The maximum absolute atomic E-state index is 11.9. The minimum Gasteiger partial charge on any atom is -0.355 e. The number of thioether (sulfide) groups is 1. The van der Waals surface area contributed by atoms with Crippen LogP contribution >= 0.6 is 23.1 Å². The Morgan fingerprint density at radius 2 is 2.43 bits per heavy atom. The molecule has 0 unspecified atom stereocenters. The molecule has 0 atom stereocenters. The lowest BCUT2D eigenvalue weighted by atomic mass is 10.2. The maximum atomic E-state index is 11.9. The number of thiazole rings is 1. The van der Waals surface area contributed by atoms with Gasteiger partial charge in [0.05, 0.1) is 17.1 Å². The SMILES string of the molecule is Cc1nc(CC(=O)NCCC2=CSC3=NCCCN23)cs1. The minimum absolute atomic E-state index is 0.0408. The molecule has 2 aliphatic rings. The van der Waals surface area contributed by atoms with Crippen LogP contribution in [-0.4, -0.2) is 40.6 Å². The number of amides is 1. The van der Waals surface area contributed by atoms with E-state index in [0.29, 0.717) is 13.0 Å². The van der Waals surface area contributed by atoms with Crippen LogP contribution in [0.2, 0.25) is 0 Å². The van der Waals surface area contributed by atoms with E-state index in [9.17, 15) is 4.79 Å². The highest BCUT2D eigenvalue weighted by atomic mass is 32.2. The van der Waals surface area contributed by atoms with Crippen molar-refractivity contribution in [2.75, 3.05) is 19.6 Å². The topological polar surface area (TPSA) is 57.6 Å². The Hall–Kier alpha value is -1.34. The number of aryl methyl sites for hydroxylation is 1. The second-order valence-electron chi connectivity index (χ2n) is 5.03. The average Bonchev–Trinajstić information content (AvgIpc) is 3.06. The van der Waals surface area contributed by atoms with Crippen molar-refractivity contribution in [3.8, 4) is 0 Å². The summed E-state index contributed by atoms with van der Waals surface area (Å²) in [5, 5.41) is 9.18. The van der Waals surface area contributed by atoms with Gasteiger partial charge in [-0.1, -0.05) is 11.8 Å². The van der Waals surface area contributed by atoms with E-state index in [-0.39, 0.29) is 5.91 Å². The number of carbonyl (C=O) groups is 1. The van der Waals surface area contributed by atoms with Gasteiger partial charge in [0.25, 0.3) is 0 Å². The van der Waals surface area contributed by atoms with E-state index in [1.165, 1.54) is 5.70 Å². The van der Waals surface area contributed by atoms with Gasteiger partial charge in [0.15, 0.2) is 5.17 Å². The van der Waals surface area contributed by atoms with Gasteiger partial charge in [-0.05, 0) is 18.8 Å². The van der Waals surface area contributed by atoms with Crippen molar-refractivity contribution < 1.29 is 4.79 Å². The van der Waals surface area contributed by atoms with Crippen LogP contribution in [0, 0.1) is 6.92 Å². The quantitative estimate of drug-likeness (QED) is 0.902. The molecule has 3 heterocycles. The molecule has 0 aromatic carbocycles. The molecule has 0 aliphatic carbocycles. The molecular formula is C14H18N4OS2. The van der Waals surface area contributed by atoms with E-state index in [1.54, 1.807) is 23.1 Å². The summed E-state index contributed by atoms with van der Waals surface area (Å²) in [6.07, 6.45) is 2.33. The van der Waals surface area contributed by atoms with Crippen LogP contribution in [0.5, 0.6) is 0 Å². The van der Waals surface area contributed by atoms with Gasteiger partial charge in [0.2, 0.25) is 5.91 Å². The third-order valence-corrected chi connectivity index (χ3v) is 5.15. The Labute approximate surface area is 132 Å². The predicted octanol–water partition coefficient (Wildman–Crippen LogP) is 2.15. The molecule has 0 radical (unpaired) electrons. The van der Waals surface area contributed by atoms with E-state index < -0.39 is 0 Å². The van der Waals surface area contributed by atoms with Gasteiger partial charge in [-0.3, -0.25) is 9.79 Å². The fraction of sp³-hybridized carbons (Fsp3) is 0.500. The van der Waals surface area contributed by atoms with Crippen molar-refractivity contribution in [2.45, 2.75) is 26.2 Å². The second-order valence-corrected chi connectivity index (χ2v) is 6.93. The number of fused-ring (bicyclic) bond motifs is 1. The van der Waals surface area contributed by atoms with Crippen molar-refractivity contribution in [3.63, 3.8) is 0 Å². The zero-order chi connectivity index (χ0) is 14.7. The highest BCUT2D eigenvalue weighted by Gasteiger charge is 2.24. The Balaban J connectivity index is 1.43. The molecule has 112 valence electrons. The lowest BCUT2D eigenvalue weighted by Gasteiger charge is -2.25. The molecule has 0 fully saturated rings. The van der Waals surface area contributed by atoms with Gasteiger partial charge >= 0.3 is 0 Å². The first-order chi connectivity index (χ1) is 10.2. The Kier molecular flexibility index (Phi) is 4.60. The summed E-state index contributed by atoms with van der Waals surface area (Å²) in [5.41, 5.74) is 2.12. The van der Waals surface area contributed by atoms with Crippen LogP contribution in [0.4, 0.5) is 0 Å². The molecule has 1 N–H and O–H groups in total. The summed E-state index contributed by atoms with van der Waals surface area (Å²) in [7, 11) is 0. The van der Waals surface area contributed by atoms with Crippen LogP contribution in [0.3, 0.4) is 0 Å². The highest BCUT2D eigenvalue weighted by Crippen LogP contribution is 2.30. The van der Waals surface area contributed by atoms with Crippen molar-refractivity contribution in [2.24, 2.45) is 4.99 Å². The lowest BCUT2D eigenvalue weighted by molar-refractivity contribution is -0.120. The normalized spacial score (nSPS) is 17.3. The molecule has 0 bridgehead atoms. The number of hydrogen-bond acceptors (Lipinski definition) is 6. The molecule has 1 amide bonds. The molecule has 0 saturated carbocycles. The first kappa shape index (κ1) is 14.6. The van der Waals surface area contributed by atoms with Crippen LogP contribution in [-0.2, 0) is 11.2 Å². The smallest absolute Gasteiger partial charge is 0.226 e. The Bertz CT molecular complexity index is 594. The minimum atomic E-state index is 0.0408. The average molecular weight is 322 g/mol. The van der Waals surface area contributed by atoms with Crippen molar-refractivity contribution in [3.05, 3.63) is 27.2 Å². The van der Waals surface area contributed by atoms with E-state index in [4.69, 9.17) is 0 Å². The Morgan fingerprint density at radius 1 is 1.52 bits per heavy atom. The predicted molar refractivity (Wildman–Crippen MR) is 87.5 cm³/mol. The number of aliphatic imine (C=N–C) groups is 1. The number of nitrogens with zero attached hydrogens (tertiary/aromatic N) is 3. The molecule has 1 aromatic rings. The van der Waals surface area contributed by atoms with Crippen LogP contribution in [0.25, 0.3) is 0 Å². The van der Waals surface area contributed by atoms with Gasteiger partial charge in [-0.2, -0.15) is 0 Å². The van der Waals surface area contributed by atoms with Gasteiger partial charge in [-0.15, -0.1) is 11.3 Å². The third-order valence-electron chi connectivity index (χ3n) is 3.38. The molecule has 1 aromatic heterocycles. The summed E-state index contributed by atoms with van der Waals surface area (Å²) >= 11 is 3.27. The third kappa shape index (κ3) is 3.65. The van der Waals surface area contributed by atoms with Crippen molar-refractivity contribution in [1.29, 1.82) is 0 Å². The second kappa shape index (κ2) is 6.62. The summed E-state index contributed by atoms with van der Waals surface area (Å²) in [5.74, 6) is 0.0408. The first-order valence-corrected chi connectivity index (χ1v) is 8.84. The van der Waals surface area contributed by atoms with Crippen molar-refractivity contribution >= 4 is 34.2 Å². The summed E-state index contributed by atoms with van der Waals surface area (Å²) in [6, 6.07) is 0. The number of rotatable bonds is 5. The van der Waals surface area contributed by atoms with Gasteiger partial charge in [0, 0.05) is 37.1 Å². The maximum Gasteiger partial charge on any atom is 0.226 e. The van der Waals surface area contributed by atoms with E-state index >= 15 is 0 Å². The molecule has 5 nitrogen and oxygen atoms in total. The van der Waals surface area contributed by atoms with Crippen LogP contribution < -0.4 is 5.32 Å². The zero-order valence-corrected chi connectivity index (χ0v) is 13.6. The highest BCUT2D eigenvalue weighted by molar-refractivity contribution is 8.16. The van der Waals surface area contributed by atoms with Gasteiger partial charge < -0.3 is 10.2 Å². The number of hydrogen-bond donors (Lipinski definition) is 1. The fourth-order valence-electron chi connectivity index (χ4n) is 2.38. The van der Waals surface area contributed by atoms with Crippen LogP contribution in [0.15, 0.2) is 21.5 Å². The molecular weight excluding hydrogens is 304 g/mol. The summed E-state index contributed by atoms with van der Waals surface area (Å²) in [4.78, 5) is 22.9. The van der Waals surface area contributed by atoms with E-state index in [0.717, 1.165) is 41.8 Å². The van der Waals surface area contributed by atoms with E-state index in [1.807, 2.05) is 12.3 Å². The first-order valence-electron chi connectivity index (χ1n) is 7.08. The summed E-state index contributed by atoms with van der Waals surface area (Å²) in [6.45, 7) is 4.60. The molecule has 21 heavy (non-hydrogen) atoms. The standard InChI is InChI=1S/C14H18N4OS2/c1-10-17-11(8-20-10)7-13(19)15-5-3-12-9-21-14-16-4-2-6-18(12)14/h8-9H,2-7H2,1H3,(H,15,19). The van der Waals surface area contributed by atoms with E-state index in [2.05, 4.69) is 25.6 Å².